The van der Waals surface area contributed by atoms with Crippen LogP contribution >= 0.6 is 0 Å². The topological polar surface area (TPSA) is 71.1 Å². The van der Waals surface area contributed by atoms with Crippen LogP contribution in [0.3, 0.4) is 0 Å². The predicted molar refractivity (Wildman–Crippen MR) is 118 cm³/mol. The third kappa shape index (κ3) is 4.93. The molecule has 0 bridgehead atoms. The molecule has 0 radical (unpaired) electrons. The minimum atomic E-state index is -3.02. The quantitative estimate of drug-likeness (QED) is 0.737. The zero-order valence-electron chi connectivity index (χ0n) is 17.3. The molecule has 4 rings (SSSR count). The molecule has 1 aliphatic heterocycles. The van der Waals surface area contributed by atoms with Crippen LogP contribution in [0.15, 0.2) is 60.7 Å². The summed E-state index contributed by atoms with van der Waals surface area (Å²) in [5.41, 5.74) is 2.32. The molecule has 1 saturated heterocycles. The molecule has 6 heteroatoms. The summed E-state index contributed by atoms with van der Waals surface area (Å²) < 4.78 is 24.1. The van der Waals surface area contributed by atoms with Gasteiger partial charge in [-0.25, -0.2) is 8.42 Å². The van der Waals surface area contributed by atoms with Crippen molar-refractivity contribution in [2.45, 2.75) is 50.2 Å². The number of nitrogens with two attached hydrogens (primary N) is 1. The fraction of sp³-hybridized carbons (Fsp3) is 0.458. The number of rotatable bonds is 7. The summed E-state index contributed by atoms with van der Waals surface area (Å²) in [7, 11) is -3.02. The molecule has 2 N–H and O–H groups in total. The Morgan fingerprint density at radius 2 is 1.47 bits per heavy atom. The van der Waals surface area contributed by atoms with Crippen LogP contribution in [0.25, 0.3) is 0 Å². The minimum absolute atomic E-state index is 0.0362. The zero-order valence-corrected chi connectivity index (χ0v) is 18.1. The lowest BCUT2D eigenvalue weighted by molar-refractivity contribution is -0.677. The molecule has 2 aromatic rings. The van der Waals surface area contributed by atoms with E-state index in [1.165, 1.54) is 0 Å². The van der Waals surface area contributed by atoms with Gasteiger partial charge in [-0.1, -0.05) is 73.5 Å². The van der Waals surface area contributed by atoms with Crippen molar-refractivity contribution in [1.82, 2.24) is 4.90 Å². The van der Waals surface area contributed by atoms with Crippen molar-refractivity contribution < 1.29 is 18.5 Å². The van der Waals surface area contributed by atoms with Gasteiger partial charge in [-0.15, -0.1) is 0 Å². The highest BCUT2D eigenvalue weighted by atomic mass is 32.2. The van der Waals surface area contributed by atoms with Gasteiger partial charge in [-0.05, 0) is 19.3 Å². The van der Waals surface area contributed by atoms with Gasteiger partial charge in [0, 0.05) is 23.2 Å². The van der Waals surface area contributed by atoms with E-state index in [1.54, 1.807) is 0 Å². The molecule has 5 nitrogen and oxygen atoms in total. The summed E-state index contributed by atoms with van der Waals surface area (Å²) in [4.78, 5) is 15.3. The zero-order chi connectivity index (χ0) is 21.0. The Hall–Kier alpha value is -2.18. The van der Waals surface area contributed by atoms with Crippen LogP contribution in [-0.4, -0.2) is 49.4 Å². The SMILES string of the molecule is O=C(C[NH2+]C(c1ccccc1)c1ccccc1)N(C1CCCC1)[C@H]1CCS(=O)(=O)C1. The smallest absolute Gasteiger partial charge is 0.278 e. The second kappa shape index (κ2) is 9.31. The Bertz CT molecular complexity index is 901. The molecule has 2 aliphatic rings. The average Bonchev–Trinajstić information content (AvgIpc) is 3.40. The van der Waals surface area contributed by atoms with E-state index >= 15 is 0 Å². The summed E-state index contributed by atoms with van der Waals surface area (Å²) in [5.74, 6) is 0.394. The van der Waals surface area contributed by atoms with Crippen molar-refractivity contribution in [2.24, 2.45) is 0 Å². The van der Waals surface area contributed by atoms with Gasteiger partial charge in [0.2, 0.25) is 0 Å². The highest BCUT2D eigenvalue weighted by molar-refractivity contribution is 7.91. The Morgan fingerprint density at radius 1 is 0.900 bits per heavy atom. The van der Waals surface area contributed by atoms with E-state index in [-0.39, 0.29) is 35.5 Å². The van der Waals surface area contributed by atoms with E-state index in [0.29, 0.717) is 13.0 Å². The molecule has 2 aromatic carbocycles. The molecular weight excluding hydrogens is 396 g/mol. The Labute approximate surface area is 179 Å². The van der Waals surface area contributed by atoms with Crippen LogP contribution in [0.5, 0.6) is 0 Å². The van der Waals surface area contributed by atoms with Gasteiger partial charge in [0.05, 0.1) is 11.5 Å². The second-order valence-electron chi connectivity index (χ2n) is 8.54. The Balaban J connectivity index is 1.52. The second-order valence-corrected chi connectivity index (χ2v) is 10.8. The number of carbonyl (C=O) groups is 1. The highest BCUT2D eigenvalue weighted by Crippen LogP contribution is 2.29. The molecule has 1 heterocycles. The molecule has 0 spiro atoms. The first-order valence-corrected chi connectivity index (χ1v) is 12.8. The third-order valence-corrected chi connectivity index (χ3v) is 8.20. The maximum atomic E-state index is 13.4. The molecule has 1 atom stereocenters. The van der Waals surface area contributed by atoms with E-state index in [4.69, 9.17) is 0 Å². The maximum Gasteiger partial charge on any atom is 0.278 e. The van der Waals surface area contributed by atoms with E-state index in [1.807, 2.05) is 41.3 Å². The van der Waals surface area contributed by atoms with Gasteiger partial charge in [0.15, 0.2) is 16.4 Å². The van der Waals surface area contributed by atoms with Crippen molar-refractivity contribution in [1.29, 1.82) is 0 Å². The molecular formula is C24H31N2O3S+. The van der Waals surface area contributed by atoms with Gasteiger partial charge < -0.3 is 10.2 Å². The number of quaternary nitrogens is 1. The number of amides is 1. The van der Waals surface area contributed by atoms with Crippen molar-refractivity contribution >= 4 is 15.7 Å². The van der Waals surface area contributed by atoms with E-state index in [2.05, 4.69) is 29.6 Å². The molecule has 1 amide bonds. The fourth-order valence-electron chi connectivity index (χ4n) is 4.99. The fourth-order valence-corrected chi connectivity index (χ4v) is 6.70. The number of benzene rings is 2. The van der Waals surface area contributed by atoms with E-state index in [9.17, 15) is 13.2 Å². The van der Waals surface area contributed by atoms with Crippen LogP contribution in [0.1, 0.15) is 49.3 Å². The summed E-state index contributed by atoms with van der Waals surface area (Å²) in [6.45, 7) is 0.321. The van der Waals surface area contributed by atoms with E-state index < -0.39 is 9.84 Å². The number of hydrogen-bond donors (Lipinski definition) is 1. The monoisotopic (exact) mass is 427 g/mol. The van der Waals surface area contributed by atoms with Crippen LogP contribution < -0.4 is 5.32 Å². The Kier molecular flexibility index (Phi) is 6.54. The molecule has 0 aromatic heterocycles. The minimum Gasteiger partial charge on any atom is -0.331 e. The average molecular weight is 428 g/mol. The lowest BCUT2D eigenvalue weighted by Crippen LogP contribution is -2.88. The highest BCUT2D eigenvalue weighted by Gasteiger charge is 2.39. The summed E-state index contributed by atoms with van der Waals surface area (Å²) in [6.07, 6.45) is 4.79. The van der Waals surface area contributed by atoms with Gasteiger partial charge in [-0.2, -0.15) is 0 Å². The van der Waals surface area contributed by atoms with Gasteiger partial charge >= 0.3 is 0 Å². The van der Waals surface area contributed by atoms with Crippen molar-refractivity contribution in [3.63, 3.8) is 0 Å². The molecule has 2 fully saturated rings. The van der Waals surface area contributed by atoms with Gasteiger partial charge in [0.25, 0.3) is 5.91 Å². The van der Waals surface area contributed by atoms with Crippen LogP contribution in [0, 0.1) is 0 Å². The molecule has 0 unspecified atom stereocenters. The van der Waals surface area contributed by atoms with Crippen molar-refractivity contribution in [2.75, 3.05) is 18.1 Å². The van der Waals surface area contributed by atoms with Crippen LogP contribution in [0.2, 0.25) is 0 Å². The number of hydrogen-bond acceptors (Lipinski definition) is 3. The molecule has 1 saturated carbocycles. The first kappa shape index (κ1) is 21.1. The summed E-state index contributed by atoms with van der Waals surface area (Å²) >= 11 is 0. The largest absolute Gasteiger partial charge is 0.331 e. The first-order valence-electron chi connectivity index (χ1n) is 11.0. The number of nitrogens with zero attached hydrogens (tertiary/aromatic N) is 1. The summed E-state index contributed by atoms with van der Waals surface area (Å²) in [6, 6.07) is 20.5. The van der Waals surface area contributed by atoms with Crippen molar-refractivity contribution in [3.8, 4) is 0 Å². The Morgan fingerprint density at radius 3 is 1.97 bits per heavy atom. The summed E-state index contributed by atoms with van der Waals surface area (Å²) in [5, 5.41) is 2.10. The number of sulfone groups is 1. The van der Waals surface area contributed by atoms with Gasteiger partial charge in [0.1, 0.15) is 6.04 Å². The molecule has 1 aliphatic carbocycles. The standard InChI is InChI=1S/C24H30N2O3S/c27-23(26(21-13-7-8-14-21)22-15-16-30(28,29)18-22)17-25-24(19-9-3-1-4-10-19)20-11-5-2-6-12-20/h1-6,9-12,21-22,24-25H,7-8,13-18H2/p+1/t22-/m0/s1. The molecule has 30 heavy (non-hydrogen) atoms. The first-order chi connectivity index (χ1) is 14.5. The third-order valence-electron chi connectivity index (χ3n) is 6.45. The molecule has 160 valence electrons. The van der Waals surface area contributed by atoms with Crippen LogP contribution in [0.4, 0.5) is 0 Å². The van der Waals surface area contributed by atoms with Crippen LogP contribution in [-0.2, 0) is 14.6 Å². The lowest BCUT2D eigenvalue weighted by Gasteiger charge is -2.34. The normalized spacial score (nSPS) is 21.2. The maximum absolute atomic E-state index is 13.4. The number of carbonyl (C=O) groups excluding carboxylic acids is 1. The lowest BCUT2D eigenvalue weighted by atomic mass is 9.98. The predicted octanol–water partition coefficient (Wildman–Crippen LogP) is 2.30. The van der Waals surface area contributed by atoms with E-state index in [0.717, 1.165) is 36.8 Å². The van der Waals surface area contributed by atoms with Gasteiger partial charge in [-0.3, -0.25) is 4.79 Å². The van der Waals surface area contributed by atoms with Crippen molar-refractivity contribution in [3.05, 3.63) is 71.8 Å².